The number of thioether (sulfide) groups is 1. The van der Waals surface area contributed by atoms with Gasteiger partial charge in [0.05, 0.1) is 10.6 Å². The monoisotopic (exact) mass is 389 g/mol. The molecule has 3 rings (SSSR count). The quantitative estimate of drug-likeness (QED) is 0.522. The van der Waals surface area contributed by atoms with Crippen molar-refractivity contribution in [1.29, 1.82) is 0 Å². The predicted octanol–water partition coefficient (Wildman–Crippen LogP) is 5.16. The van der Waals surface area contributed by atoms with E-state index in [4.69, 9.17) is 12.2 Å². The molecule has 5 heteroatoms. The van der Waals surface area contributed by atoms with Crippen LogP contribution in [0.15, 0.2) is 57.9 Å². The second-order valence-corrected chi connectivity index (χ2v) is 7.50. The molecular weight excluding hydrogens is 378 g/mol. The van der Waals surface area contributed by atoms with E-state index in [1.165, 1.54) is 11.8 Å². The van der Waals surface area contributed by atoms with Gasteiger partial charge in [0, 0.05) is 4.47 Å². The first-order chi connectivity index (χ1) is 10.5. The van der Waals surface area contributed by atoms with Crippen LogP contribution in [-0.2, 0) is 4.79 Å². The van der Waals surface area contributed by atoms with Crippen molar-refractivity contribution in [1.82, 2.24) is 0 Å². The number of aryl methyl sites for hydroxylation is 1. The lowest BCUT2D eigenvalue weighted by Gasteiger charge is -2.14. The number of rotatable bonds is 2. The van der Waals surface area contributed by atoms with Crippen molar-refractivity contribution in [2.45, 2.75) is 6.92 Å². The minimum absolute atomic E-state index is 0.0662. The second kappa shape index (κ2) is 6.36. The van der Waals surface area contributed by atoms with Crippen LogP contribution in [0.4, 0.5) is 5.69 Å². The van der Waals surface area contributed by atoms with Crippen molar-refractivity contribution < 1.29 is 4.79 Å². The third-order valence-corrected chi connectivity index (χ3v) is 5.05. The standard InChI is InChI=1S/C17H12BrNOS2/c1-11-3-2-4-14(9-11)19-16(20)15(22-17(19)21)10-12-5-7-13(18)8-6-12/h2-10H,1H3/b15-10+. The molecule has 1 saturated heterocycles. The van der Waals surface area contributed by atoms with Crippen LogP contribution in [0.2, 0.25) is 0 Å². The first-order valence-electron chi connectivity index (χ1n) is 6.65. The van der Waals surface area contributed by atoms with Crippen LogP contribution in [0.3, 0.4) is 0 Å². The molecule has 0 aliphatic carbocycles. The molecule has 0 radical (unpaired) electrons. The summed E-state index contributed by atoms with van der Waals surface area (Å²) in [6.07, 6.45) is 1.88. The molecule has 1 heterocycles. The van der Waals surface area contributed by atoms with Gasteiger partial charge in [0.2, 0.25) is 0 Å². The van der Waals surface area contributed by atoms with Gasteiger partial charge < -0.3 is 0 Å². The Bertz CT molecular complexity index is 784. The molecule has 0 N–H and O–H groups in total. The van der Waals surface area contributed by atoms with Gasteiger partial charge >= 0.3 is 0 Å². The van der Waals surface area contributed by atoms with Gasteiger partial charge in [-0.2, -0.15) is 0 Å². The average Bonchev–Trinajstić information content (AvgIpc) is 2.76. The summed E-state index contributed by atoms with van der Waals surface area (Å²) in [5, 5.41) is 0. The number of anilines is 1. The molecule has 0 unspecified atom stereocenters. The maximum absolute atomic E-state index is 12.6. The Hall–Kier alpha value is -1.43. The number of amides is 1. The van der Waals surface area contributed by atoms with Crippen LogP contribution in [0.25, 0.3) is 6.08 Å². The molecule has 22 heavy (non-hydrogen) atoms. The number of carbonyl (C=O) groups is 1. The molecule has 1 aliphatic heterocycles. The highest BCUT2D eigenvalue weighted by atomic mass is 79.9. The summed E-state index contributed by atoms with van der Waals surface area (Å²) in [7, 11) is 0. The van der Waals surface area contributed by atoms with Crippen LogP contribution >= 0.6 is 39.9 Å². The molecular formula is C17H12BrNOS2. The molecule has 110 valence electrons. The number of hydrogen-bond donors (Lipinski definition) is 0. The summed E-state index contributed by atoms with van der Waals surface area (Å²) < 4.78 is 1.58. The van der Waals surface area contributed by atoms with Gasteiger partial charge in [0.1, 0.15) is 0 Å². The number of thiocarbonyl (C=S) groups is 1. The van der Waals surface area contributed by atoms with Crippen LogP contribution in [-0.4, -0.2) is 10.2 Å². The van der Waals surface area contributed by atoms with Gasteiger partial charge in [-0.15, -0.1) is 0 Å². The second-order valence-electron chi connectivity index (χ2n) is 4.91. The van der Waals surface area contributed by atoms with Crippen molar-refractivity contribution >= 4 is 61.9 Å². The first-order valence-corrected chi connectivity index (χ1v) is 8.66. The Labute approximate surface area is 147 Å². The summed E-state index contributed by atoms with van der Waals surface area (Å²) in [4.78, 5) is 14.9. The van der Waals surface area contributed by atoms with Gasteiger partial charge in [0.25, 0.3) is 5.91 Å². The largest absolute Gasteiger partial charge is 0.270 e. The van der Waals surface area contributed by atoms with Gasteiger partial charge in [-0.1, -0.05) is 64.2 Å². The van der Waals surface area contributed by atoms with Gasteiger partial charge in [-0.3, -0.25) is 9.69 Å². The normalized spacial score (nSPS) is 16.6. The molecule has 2 aromatic rings. The van der Waals surface area contributed by atoms with E-state index in [1.54, 1.807) is 4.90 Å². The van der Waals surface area contributed by atoms with E-state index in [-0.39, 0.29) is 5.91 Å². The maximum atomic E-state index is 12.6. The van der Waals surface area contributed by atoms with Crippen LogP contribution in [0.1, 0.15) is 11.1 Å². The van der Waals surface area contributed by atoms with E-state index in [0.29, 0.717) is 9.23 Å². The average molecular weight is 390 g/mol. The molecule has 2 aromatic carbocycles. The van der Waals surface area contributed by atoms with Crippen LogP contribution < -0.4 is 4.90 Å². The molecule has 0 saturated carbocycles. The van der Waals surface area contributed by atoms with Crippen molar-refractivity contribution in [2.24, 2.45) is 0 Å². The summed E-state index contributed by atoms with van der Waals surface area (Å²) in [6, 6.07) is 15.6. The Balaban J connectivity index is 1.93. The summed E-state index contributed by atoms with van der Waals surface area (Å²) in [5.74, 6) is -0.0662. The fourth-order valence-electron chi connectivity index (χ4n) is 2.17. The Kier molecular flexibility index (Phi) is 4.47. The highest BCUT2D eigenvalue weighted by molar-refractivity contribution is 9.10. The predicted molar refractivity (Wildman–Crippen MR) is 101 cm³/mol. The zero-order valence-electron chi connectivity index (χ0n) is 11.7. The molecule has 0 atom stereocenters. The zero-order chi connectivity index (χ0) is 15.7. The molecule has 0 aromatic heterocycles. The smallest absolute Gasteiger partial charge is 0.268 e. The van der Waals surface area contributed by atoms with Crippen molar-refractivity contribution in [3.8, 4) is 0 Å². The minimum atomic E-state index is -0.0662. The lowest BCUT2D eigenvalue weighted by atomic mass is 10.2. The minimum Gasteiger partial charge on any atom is -0.268 e. The van der Waals surface area contributed by atoms with E-state index in [1.807, 2.05) is 61.5 Å². The molecule has 1 fully saturated rings. The molecule has 1 aliphatic rings. The molecule has 0 bridgehead atoms. The topological polar surface area (TPSA) is 20.3 Å². The zero-order valence-corrected chi connectivity index (χ0v) is 15.0. The lowest BCUT2D eigenvalue weighted by Crippen LogP contribution is -2.27. The Morgan fingerprint density at radius 3 is 2.59 bits per heavy atom. The summed E-state index contributed by atoms with van der Waals surface area (Å²) >= 11 is 10.1. The Morgan fingerprint density at radius 1 is 1.18 bits per heavy atom. The third kappa shape index (κ3) is 3.16. The lowest BCUT2D eigenvalue weighted by molar-refractivity contribution is -0.113. The number of halogens is 1. The fourth-order valence-corrected chi connectivity index (χ4v) is 3.73. The number of hydrogen-bond acceptors (Lipinski definition) is 3. The summed E-state index contributed by atoms with van der Waals surface area (Å²) in [6.45, 7) is 2.00. The number of carbonyl (C=O) groups excluding carboxylic acids is 1. The highest BCUT2D eigenvalue weighted by Crippen LogP contribution is 2.36. The van der Waals surface area contributed by atoms with Gasteiger partial charge in [-0.25, -0.2) is 0 Å². The van der Waals surface area contributed by atoms with E-state index in [2.05, 4.69) is 15.9 Å². The van der Waals surface area contributed by atoms with Gasteiger partial charge in [-0.05, 0) is 48.4 Å². The SMILES string of the molecule is Cc1cccc(N2C(=O)/C(=C\c3ccc(Br)cc3)SC2=S)c1. The van der Waals surface area contributed by atoms with Gasteiger partial charge in [0.15, 0.2) is 4.32 Å². The van der Waals surface area contributed by atoms with E-state index in [9.17, 15) is 4.79 Å². The van der Waals surface area contributed by atoms with Crippen molar-refractivity contribution in [3.05, 3.63) is 69.0 Å². The maximum Gasteiger partial charge on any atom is 0.270 e. The van der Waals surface area contributed by atoms with Crippen LogP contribution in [0, 0.1) is 6.92 Å². The number of nitrogens with zero attached hydrogens (tertiary/aromatic N) is 1. The Morgan fingerprint density at radius 2 is 1.91 bits per heavy atom. The van der Waals surface area contributed by atoms with Crippen molar-refractivity contribution in [3.63, 3.8) is 0 Å². The van der Waals surface area contributed by atoms with Crippen LogP contribution in [0.5, 0.6) is 0 Å². The third-order valence-electron chi connectivity index (χ3n) is 3.22. The fraction of sp³-hybridized carbons (Fsp3) is 0.0588. The summed E-state index contributed by atoms with van der Waals surface area (Å²) in [5.41, 5.74) is 2.90. The van der Waals surface area contributed by atoms with E-state index in [0.717, 1.165) is 21.3 Å². The highest BCUT2D eigenvalue weighted by Gasteiger charge is 2.33. The van der Waals surface area contributed by atoms with Crippen molar-refractivity contribution in [2.75, 3.05) is 4.90 Å². The molecule has 0 spiro atoms. The van der Waals surface area contributed by atoms with E-state index >= 15 is 0 Å². The van der Waals surface area contributed by atoms with E-state index < -0.39 is 0 Å². The number of benzene rings is 2. The molecule has 2 nitrogen and oxygen atoms in total. The molecule has 1 amide bonds. The first kappa shape index (κ1) is 15.5.